The van der Waals surface area contributed by atoms with Crippen LogP contribution in [0.4, 0.5) is 11.4 Å². The smallest absolute Gasteiger partial charge is 0.0992 e. The van der Waals surface area contributed by atoms with Crippen LogP contribution in [0.3, 0.4) is 0 Å². The van der Waals surface area contributed by atoms with Crippen LogP contribution in [-0.2, 0) is 0 Å². The first kappa shape index (κ1) is 11.8. The fourth-order valence-corrected chi connectivity index (χ4v) is 2.47. The van der Waals surface area contributed by atoms with E-state index >= 15 is 0 Å². The van der Waals surface area contributed by atoms with Gasteiger partial charge >= 0.3 is 0 Å². The van der Waals surface area contributed by atoms with Gasteiger partial charge in [-0.3, -0.25) is 0 Å². The normalized spacial score (nSPS) is 16.8. The molecule has 1 aromatic carbocycles. The molecule has 0 unspecified atom stereocenters. The zero-order valence-electron chi connectivity index (χ0n) is 10.3. The van der Waals surface area contributed by atoms with Crippen molar-refractivity contribution in [3.05, 3.63) is 23.8 Å². The van der Waals surface area contributed by atoms with Gasteiger partial charge in [0.05, 0.1) is 23.0 Å². The van der Waals surface area contributed by atoms with Gasteiger partial charge in [0, 0.05) is 13.1 Å². The summed E-state index contributed by atoms with van der Waals surface area (Å²) in [5, 5.41) is 8.92. The lowest BCUT2D eigenvalue weighted by Gasteiger charge is -2.34. The summed E-state index contributed by atoms with van der Waals surface area (Å²) in [6, 6.07) is 7.68. The highest BCUT2D eigenvalue weighted by Crippen LogP contribution is 2.29. The number of nitrogens with two attached hydrogens (primary N) is 1. The minimum atomic E-state index is 0.687. The van der Waals surface area contributed by atoms with Crippen molar-refractivity contribution >= 4 is 11.4 Å². The molecule has 3 nitrogen and oxygen atoms in total. The standard InChI is InChI=1S/C14H19N3/c1-2-11-5-7-17(8-6-11)14-9-12(10-15)3-4-13(14)16/h3-4,9,11H,2,5-8,16H2,1H3. The Bertz CT molecular complexity index is 426. The SMILES string of the molecule is CCC1CCN(c2cc(C#N)ccc2N)CC1. The Labute approximate surface area is 103 Å². The van der Waals surface area contributed by atoms with Crippen molar-refractivity contribution < 1.29 is 0 Å². The molecule has 1 heterocycles. The molecular weight excluding hydrogens is 210 g/mol. The summed E-state index contributed by atoms with van der Waals surface area (Å²) < 4.78 is 0. The van der Waals surface area contributed by atoms with E-state index < -0.39 is 0 Å². The van der Waals surface area contributed by atoms with Crippen molar-refractivity contribution in [2.45, 2.75) is 26.2 Å². The second kappa shape index (κ2) is 5.09. The number of nitriles is 1. The number of benzene rings is 1. The number of nitrogens with zero attached hydrogens (tertiary/aromatic N) is 2. The van der Waals surface area contributed by atoms with Gasteiger partial charge in [-0.05, 0) is 37.0 Å². The van der Waals surface area contributed by atoms with Crippen molar-refractivity contribution in [2.75, 3.05) is 23.7 Å². The molecule has 90 valence electrons. The lowest BCUT2D eigenvalue weighted by molar-refractivity contribution is 0.395. The highest BCUT2D eigenvalue weighted by molar-refractivity contribution is 5.69. The van der Waals surface area contributed by atoms with Crippen LogP contribution in [0.25, 0.3) is 0 Å². The van der Waals surface area contributed by atoms with Crippen LogP contribution in [-0.4, -0.2) is 13.1 Å². The van der Waals surface area contributed by atoms with Gasteiger partial charge in [0.1, 0.15) is 0 Å². The molecule has 0 bridgehead atoms. The first-order valence-electron chi connectivity index (χ1n) is 6.29. The van der Waals surface area contributed by atoms with Crippen molar-refractivity contribution in [1.29, 1.82) is 5.26 Å². The molecule has 1 fully saturated rings. The fraction of sp³-hybridized carbons (Fsp3) is 0.500. The maximum absolute atomic E-state index is 8.92. The molecule has 1 aromatic rings. The van der Waals surface area contributed by atoms with E-state index in [4.69, 9.17) is 11.0 Å². The van der Waals surface area contributed by atoms with E-state index in [-0.39, 0.29) is 0 Å². The van der Waals surface area contributed by atoms with E-state index in [0.717, 1.165) is 30.4 Å². The summed E-state index contributed by atoms with van der Waals surface area (Å²) >= 11 is 0. The molecule has 3 heteroatoms. The molecule has 0 aromatic heterocycles. The Morgan fingerprint density at radius 3 is 2.71 bits per heavy atom. The molecule has 0 aliphatic carbocycles. The number of hydrogen-bond donors (Lipinski definition) is 1. The summed E-state index contributed by atoms with van der Waals surface area (Å²) in [7, 11) is 0. The second-order valence-corrected chi connectivity index (χ2v) is 4.72. The third-order valence-corrected chi connectivity index (χ3v) is 3.69. The van der Waals surface area contributed by atoms with E-state index in [1.807, 2.05) is 12.1 Å². The largest absolute Gasteiger partial charge is 0.397 e. The second-order valence-electron chi connectivity index (χ2n) is 4.72. The average Bonchev–Trinajstić information content (AvgIpc) is 2.39. The minimum absolute atomic E-state index is 0.687. The van der Waals surface area contributed by atoms with E-state index in [0.29, 0.717) is 5.56 Å². The zero-order chi connectivity index (χ0) is 12.3. The maximum atomic E-state index is 8.92. The third-order valence-electron chi connectivity index (χ3n) is 3.69. The molecule has 0 atom stereocenters. The summed E-state index contributed by atoms with van der Waals surface area (Å²) in [5.41, 5.74) is 8.48. The molecule has 0 spiro atoms. The number of anilines is 2. The Balaban J connectivity index is 2.15. The molecule has 2 N–H and O–H groups in total. The molecule has 1 saturated heterocycles. The van der Waals surface area contributed by atoms with Crippen LogP contribution in [0.15, 0.2) is 18.2 Å². The third kappa shape index (κ3) is 2.52. The molecule has 0 saturated carbocycles. The quantitative estimate of drug-likeness (QED) is 0.793. The van der Waals surface area contributed by atoms with Gasteiger partial charge in [-0.2, -0.15) is 5.26 Å². The Morgan fingerprint density at radius 1 is 1.41 bits per heavy atom. The maximum Gasteiger partial charge on any atom is 0.0992 e. The van der Waals surface area contributed by atoms with Gasteiger partial charge in [-0.15, -0.1) is 0 Å². The van der Waals surface area contributed by atoms with E-state index in [1.54, 1.807) is 6.07 Å². The van der Waals surface area contributed by atoms with Crippen LogP contribution in [0.1, 0.15) is 31.7 Å². The number of nitrogen functional groups attached to an aromatic ring is 1. The molecule has 2 rings (SSSR count). The summed E-state index contributed by atoms with van der Waals surface area (Å²) in [5.74, 6) is 0.853. The monoisotopic (exact) mass is 229 g/mol. The number of rotatable bonds is 2. The fourth-order valence-electron chi connectivity index (χ4n) is 2.47. The van der Waals surface area contributed by atoms with E-state index in [1.165, 1.54) is 19.3 Å². The molecule has 0 amide bonds. The van der Waals surface area contributed by atoms with Gasteiger partial charge in [0.25, 0.3) is 0 Å². The summed E-state index contributed by atoms with van der Waals surface area (Å²) in [6.07, 6.45) is 3.72. The van der Waals surface area contributed by atoms with Crippen molar-refractivity contribution in [3.63, 3.8) is 0 Å². The predicted octanol–water partition coefficient (Wildman–Crippen LogP) is 2.77. The van der Waals surface area contributed by atoms with E-state index in [9.17, 15) is 0 Å². The first-order chi connectivity index (χ1) is 8.24. The number of piperidine rings is 1. The molecular formula is C14H19N3. The molecule has 17 heavy (non-hydrogen) atoms. The van der Waals surface area contributed by atoms with Gasteiger partial charge in [0.15, 0.2) is 0 Å². The zero-order valence-corrected chi connectivity index (χ0v) is 10.3. The molecule has 1 aliphatic rings. The lowest BCUT2D eigenvalue weighted by Crippen LogP contribution is -2.33. The molecule has 1 aliphatic heterocycles. The average molecular weight is 229 g/mol. The van der Waals surface area contributed by atoms with Crippen LogP contribution in [0.2, 0.25) is 0 Å². The van der Waals surface area contributed by atoms with Crippen LogP contribution >= 0.6 is 0 Å². The van der Waals surface area contributed by atoms with Gasteiger partial charge < -0.3 is 10.6 Å². The van der Waals surface area contributed by atoms with E-state index in [2.05, 4.69) is 17.9 Å². The summed E-state index contributed by atoms with van der Waals surface area (Å²) in [4.78, 5) is 2.31. The topological polar surface area (TPSA) is 53.0 Å². The lowest BCUT2D eigenvalue weighted by atomic mass is 9.94. The summed E-state index contributed by atoms with van der Waals surface area (Å²) in [6.45, 7) is 4.36. The van der Waals surface area contributed by atoms with Gasteiger partial charge in [0.2, 0.25) is 0 Å². The van der Waals surface area contributed by atoms with Crippen LogP contribution in [0, 0.1) is 17.2 Å². The van der Waals surface area contributed by atoms with Crippen molar-refractivity contribution in [2.24, 2.45) is 5.92 Å². The van der Waals surface area contributed by atoms with Crippen LogP contribution in [0.5, 0.6) is 0 Å². The van der Waals surface area contributed by atoms with Crippen molar-refractivity contribution in [3.8, 4) is 6.07 Å². The minimum Gasteiger partial charge on any atom is -0.397 e. The van der Waals surface area contributed by atoms with Gasteiger partial charge in [-0.1, -0.05) is 13.3 Å². The van der Waals surface area contributed by atoms with Crippen LogP contribution < -0.4 is 10.6 Å². The Hall–Kier alpha value is -1.69. The highest BCUT2D eigenvalue weighted by Gasteiger charge is 2.19. The van der Waals surface area contributed by atoms with Gasteiger partial charge in [-0.25, -0.2) is 0 Å². The van der Waals surface area contributed by atoms with Crippen molar-refractivity contribution in [1.82, 2.24) is 0 Å². The Morgan fingerprint density at radius 2 is 2.12 bits per heavy atom. The molecule has 0 radical (unpaired) electrons. The predicted molar refractivity (Wildman–Crippen MR) is 70.8 cm³/mol. The number of hydrogen-bond acceptors (Lipinski definition) is 3. The Kier molecular flexibility index (Phi) is 3.53. The first-order valence-corrected chi connectivity index (χ1v) is 6.29. The highest BCUT2D eigenvalue weighted by atomic mass is 15.1.